The number of benzene rings is 1. The van der Waals surface area contributed by atoms with Crippen LogP contribution in [0.15, 0.2) is 53.5 Å². The van der Waals surface area contributed by atoms with E-state index in [9.17, 15) is 4.79 Å². The Kier molecular flexibility index (Phi) is 11.2. The van der Waals surface area contributed by atoms with E-state index in [-0.39, 0.29) is 35.9 Å². The highest BCUT2D eigenvalue weighted by Crippen LogP contribution is 2.05. The normalized spacial score (nSPS) is 11.9. The number of aromatic nitrogens is 1. The van der Waals surface area contributed by atoms with E-state index in [1.54, 1.807) is 13.1 Å². The standard InChI is InChI=1S/C21H29N5O.HI/c1-16-8-7-11-19(24-16)26-20(27)14-15-23-21(22-3)25-17(2)12-13-18-9-5-4-6-10-18;/h4-11,17H,12-15H2,1-3H3,(H2,22,23,25)(H,24,26,27);1H. The van der Waals surface area contributed by atoms with Crippen LogP contribution in [0.2, 0.25) is 0 Å². The summed E-state index contributed by atoms with van der Waals surface area (Å²) in [5.41, 5.74) is 2.20. The van der Waals surface area contributed by atoms with Crippen molar-refractivity contribution >= 4 is 41.7 Å². The first-order chi connectivity index (χ1) is 13.1. The van der Waals surface area contributed by atoms with Gasteiger partial charge in [-0.05, 0) is 44.4 Å². The number of anilines is 1. The van der Waals surface area contributed by atoms with Gasteiger partial charge in [0.25, 0.3) is 0 Å². The number of guanidine groups is 1. The Balaban J connectivity index is 0.00000392. The van der Waals surface area contributed by atoms with E-state index < -0.39 is 0 Å². The molecule has 1 unspecified atom stereocenters. The highest BCUT2D eigenvalue weighted by atomic mass is 127. The van der Waals surface area contributed by atoms with Crippen LogP contribution in [0.25, 0.3) is 0 Å². The van der Waals surface area contributed by atoms with Crippen LogP contribution in [0.3, 0.4) is 0 Å². The Labute approximate surface area is 184 Å². The van der Waals surface area contributed by atoms with Crippen molar-refractivity contribution in [3.63, 3.8) is 0 Å². The van der Waals surface area contributed by atoms with Crippen LogP contribution in [0.5, 0.6) is 0 Å². The maximum absolute atomic E-state index is 12.0. The Hall–Kier alpha value is -2.16. The van der Waals surface area contributed by atoms with Crippen LogP contribution in [0, 0.1) is 6.92 Å². The number of hydrogen-bond acceptors (Lipinski definition) is 3. The minimum Gasteiger partial charge on any atom is -0.356 e. The van der Waals surface area contributed by atoms with Gasteiger partial charge in [-0.25, -0.2) is 4.98 Å². The van der Waals surface area contributed by atoms with Crippen LogP contribution in [-0.4, -0.2) is 36.5 Å². The van der Waals surface area contributed by atoms with Gasteiger partial charge in [0, 0.05) is 31.7 Å². The second-order valence-corrected chi connectivity index (χ2v) is 6.53. The van der Waals surface area contributed by atoms with Crippen molar-refractivity contribution in [2.75, 3.05) is 18.9 Å². The molecule has 6 nitrogen and oxygen atoms in total. The van der Waals surface area contributed by atoms with Crippen molar-refractivity contribution in [1.82, 2.24) is 15.6 Å². The molecule has 0 aliphatic rings. The molecule has 0 bridgehead atoms. The average molecular weight is 495 g/mol. The van der Waals surface area contributed by atoms with Gasteiger partial charge in [-0.15, -0.1) is 24.0 Å². The zero-order valence-corrected chi connectivity index (χ0v) is 19.1. The van der Waals surface area contributed by atoms with Gasteiger partial charge in [0.1, 0.15) is 5.82 Å². The number of nitrogens with zero attached hydrogens (tertiary/aromatic N) is 2. The van der Waals surface area contributed by atoms with Crippen molar-refractivity contribution in [2.24, 2.45) is 4.99 Å². The number of hydrogen-bond donors (Lipinski definition) is 3. The van der Waals surface area contributed by atoms with Gasteiger partial charge in [0.05, 0.1) is 0 Å². The molecule has 0 saturated carbocycles. The van der Waals surface area contributed by atoms with Crippen LogP contribution < -0.4 is 16.0 Å². The maximum Gasteiger partial charge on any atom is 0.227 e. The van der Waals surface area contributed by atoms with Gasteiger partial charge in [-0.1, -0.05) is 36.4 Å². The second kappa shape index (κ2) is 13.1. The second-order valence-electron chi connectivity index (χ2n) is 6.53. The molecule has 1 amide bonds. The molecule has 1 aromatic carbocycles. The molecule has 0 spiro atoms. The van der Waals surface area contributed by atoms with E-state index in [1.807, 2.05) is 25.1 Å². The summed E-state index contributed by atoms with van der Waals surface area (Å²) in [5.74, 6) is 1.21. The fourth-order valence-electron chi connectivity index (χ4n) is 2.64. The third kappa shape index (κ3) is 9.16. The predicted molar refractivity (Wildman–Crippen MR) is 126 cm³/mol. The first-order valence-electron chi connectivity index (χ1n) is 9.31. The number of pyridine rings is 1. The predicted octanol–water partition coefficient (Wildman–Crippen LogP) is 3.52. The molecule has 1 aromatic heterocycles. The van der Waals surface area contributed by atoms with Gasteiger partial charge in [0.15, 0.2) is 5.96 Å². The zero-order valence-electron chi connectivity index (χ0n) is 16.7. The number of carbonyl (C=O) groups is 1. The number of amides is 1. The van der Waals surface area contributed by atoms with E-state index in [1.165, 1.54) is 5.56 Å². The van der Waals surface area contributed by atoms with Crippen molar-refractivity contribution in [3.05, 3.63) is 59.8 Å². The molecular formula is C21H30IN5O. The van der Waals surface area contributed by atoms with E-state index in [4.69, 9.17) is 0 Å². The lowest BCUT2D eigenvalue weighted by molar-refractivity contribution is -0.116. The summed E-state index contributed by atoms with van der Waals surface area (Å²) in [6.07, 6.45) is 2.36. The maximum atomic E-state index is 12.0. The van der Waals surface area contributed by atoms with E-state index in [2.05, 4.69) is 57.1 Å². The van der Waals surface area contributed by atoms with Crippen molar-refractivity contribution in [1.29, 1.82) is 0 Å². The molecule has 1 atom stereocenters. The number of nitrogens with one attached hydrogen (secondary N) is 3. The molecule has 152 valence electrons. The molecule has 2 rings (SSSR count). The minimum atomic E-state index is -0.0758. The van der Waals surface area contributed by atoms with Crippen molar-refractivity contribution in [3.8, 4) is 0 Å². The molecule has 2 aromatic rings. The molecule has 0 aliphatic heterocycles. The quantitative estimate of drug-likeness (QED) is 0.298. The van der Waals surface area contributed by atoms with E-state index in [0.717, 1.165) is 18.5 Å². The molecule has 0 radical (unpaired) electrons. The molecule has 1 heterocycles. The van der Waals surface area contributed by atoms with Gasteiger partial charge in [0.2, 0.25) is 5.91 Å². The van der Waals surface area contributed by atoms with Gasteiger partial charge in [-0.2, -0.15) is 0 Å². The molecule has 0 aliphatic carbocycles. The monoisotopic (exact) mass is 495 g/mol. The summed E-state index contributed by atoms with van der Waals surface area (Å²) >= 11 is 0. The van der Waals surface area contributed by atoms with E-state index in [0.29, 0.717) is 24.7 Å². The number of halogens is 1. The number of rotatable bonds is 8. The molecule has 3 N–H and O–H groups in total. The number of aryl methyl sites for hydroxylation is 2. The number of aliphatic imine (C=N–C) groups is 1. The SMILES string of the molecule is CN=C(NCCC(=O)Nc1cccc(C)n1)NC(C)CCc1ccccc1.I. The summed E-state index contributed by atoms with van der Waals surface area (Å²) < 4.78 is 0. The van der Waals surface area contributed by atoms with Gasteiger partial charge >= 0.3 is 0 Å². The topological polar surface area (TPSA) is 78.4 Å². The molecule has 0 saturated heterocycles. The fraction of sp³-hybridized carbons (Fsp3) is 0.381. The third-order valence-electron chi connectivity index (χ3n) is 4.12. The smallest absolute Gasteiger partial charge is 0.227 e. The van der Waals surface area contributed by atoms with Crippen LogP contribution in [-0.2, 0) is 11.2 Å². The molecule has 28 heavy (non-hydrogen) atoms. The highest BCUT2D eigenvalue weighted by Gasteiger charge is 2.07. The molecule has 0 fully saturated rings. The van der Waals surface area contributed by atoms with Gasteiger partial charge < -0.3 is 16.0 Å². The lowest BCUT2D eigenvalue weighted by Crippen LogP contribution is -2.43. The number of carbonyl (C=O) groups excluding carboxylic acids is 1. The first kappa shape index (κ1) is 23.9. The average Bonchev–Trinajstić information content (AvgIpc) is 2.66. The van der Waals surface area contributed by atoms with Crippen molar-refractivity contribution in [2.45, 2.75) is 39.2 Å². The molecule has 7 heteroatoms. The highest BCUT2D eigenvalue weighted by molar-refractivity contribution is 14.0. The summed E-state index contributed by atoms with van der Waals surface area (Å²) in [4.78, 5) is 20.5. The Bertz CT molecular complexity index is 751. The van der Waals surface area contributed by atoms with Crippen LogP contribution in [0.4, 0.5) is 5.82 Å². The Morgan fingerprint density at radius 1 is 1.14 bits per heavy atom. The van der Waals surface area contributed by atoms with Crippen LogP contribution in [0.1, 0.15) is 31.0 Å². The Morgan fingerprint density at radius 3 is 2.57 bits per heavy atom. The van der Waals surface area contributed by atoms with E-state index >= 15 is 0 Å². The summed E-state index contributed by atoms with van der Waals surface area (Å²) in [6, 6.07) is 16.3. The lowest BCUT2D eigenvalue weighted by Gasteiger charge is -2.18. The zero-order chi connectivity index (χ0) is 19.5. The Morgan fingerprint density at radius 2 is 1.89 bits per heavy atom. The minimum absolute atomic E-state index is 0. The largest absolute Gasteiger partial charge is 0.356 e. The van der Waals surface area contributed by atoms with Crippen LogP contribution >= 0.6 is 24.0 Å². The summed E-state index contributed by atoms with van der Waals surface area (Å²) in [7, 11) is 1.73. The lowest BCUT2D eigenvalue weighted by atomic mass is 10.1. The summed E-state index contributed by atoms with van der Waals surface area (Å²) in [6.45, 7) is 4.53. The van der Waals surface area contributed by atoms with Crippen molar-refractivity contribution < 1.29 is 4.79 Å². The molecular weight excluding hydrogens is 465 g/mol. The summed E-state index contributed by atoms with van der Waals surface area (Å²) in [5, 5.41) is 9.35. The van der Waals surface area contributed by atoms with Gasteiger partial charge in [-0.3, -0.25) is 9.79 Å². The third-order valence-corrected chi connectivity index (χ3v) is 4.12. The first-order valence-corrected chi connectivity index (χ1v) is 9.31. The fourth-order valence-corrected chi connectivity index (χ4v) is 2.64.